The van der Waals surface area contributed by atoms with Crippen molar-refractivity contribution in [1.82, 2.24) is 9.78 Å². The first-order valence-corrected chi connectivity index (χ1v) is 7.25. The number of nitrogens with one attached hydrogen (secondary N) is 1. The number of benzene rings is 1. The molecule has 5 nitrogen and oxygen atoms in total. The monoisotopic (exact) mass is 304 g/mol. The lowest BCUT2D eigenvalue weighted by atomic mass is 10.2. The normalized spacial score (nSPS) is 10.4. The average molecular weight is 304 g/mol. The van der Waals surface area contributed by atoms with E-state index in [9.17, 15) is 0 Å². The second-order valence-electron chi connectivity index (χ2n) is 4.74. The molecule has 3 N–H and O–H groups in total. The number of aryl methyl sites for hydroxylation is 2. The molecule has 0 radical (unpaired) electrons. The molecule has 0 fully saturated rings. The average Bonchev–Trinajstić information content (AvgIpc) is 2.74. The number of nitrogens with zero attached hydrogens (tertiary/aromatic N) is 2. The molecule has 0 spiro atoms. The zero-order chi connectivity index (χ0) is 15.2. The van der Waals surface area contributed by atoms with E-state index in [1.807, 2.05) is 44.3 Å². The highest BCUT2D eigenvalue weighted by atomic mass is 32.1. The first-order valence-electron chi connectivity index (χ1n) is 6.84. The Morgan fingerprint density at radius 3 is 2.76 bits per heavy atom. The van der Waals surface area contributed by atoms with Crippen LogP contribution >= 0.6 is 12.2 Å². The van der Waals surface area contributed by atoms with Gasteiger partial charge in [-0.2, -0.15) is 5.10 Å². The summed E-state index contributed by atoms with van der Waals surface area (Å²) >= 11 is 5.08. The van der Waals surface area contributed by atoms with Crippen LogP contribution < -0.4 is 15.8 Å². The topological polar surface area (TPSA) is 65.1 Å². The summed E-state index contributed by atoms with van der Waals surface area (Å²) in [7, 11) is 1.87. The van der Waals surface area contributed by atoms with Crippen LogP contribution in [0, 0.1) is 6.92 Å². The van der Waals surface area contributed by atoms with Crippen molar-refractivity contribution in [3.05, 3.63) is 41.6 Å². The Labute approximate surface area is 130 Å². The molecular weight excluding hydrogens is 284 g/mol. The van der Waals surface area contributed by atoms with Crippen LogP contribution in [0.2, 0.25) is 0 Å². The maximum Gasteiger partial charge on any atom is 0.134 e. The fourth-order valence-corrected chi connectivity index (χ4v) is 2.39. The smallest absolute Gasteiger partial charge is 0.134 e. The Morgan fingerprint density at radius 1 is 1.38 bits per heavy atom. The minimum Gasteiger partial charge on any atom is -0.494 e. The molecule has 2 rings (SSSR count). The molecule has 0 aliphatic rings. The number of thiocarbonyl (C=S) groups is 1. The van der Waals surface area contributed by atoms with E-state index >= 15 is 0 Å². The van der Waals surface area contributed by atoms with E-state index in [-0.39, 0.29) is 0 Å². The fraction of sp³-hybridized carbons (Fsp3) is 0.333. The molecule has 0 amide bonds. The summed E-state index contributed by atoms with van der Waals surface area (Å²) in [5.41, 5.74) is 7.41. The van der Waals surface area contributed by atoms with Gasteiger partial charge in [0.1, 0.15) is 16.6 Å². The van der Waals surface area contributed by atoms with Crippen LogP contribution in [0.5, 0.6) is 5.75 Å². The predicted molar refractivity (Wildman–Crippen MR) is 88.9 cm³/mol. The molecule has 0 saturated carbocycles. The van der Waals surface area contributed by atoms with Gasteiger partial charge in [0.25, 0.3) is 0 Å². The first-order chi connectivity index (χ1) is 10.1. The van der Waals surface area contributed by atoms with Crippen LogP contribution in [0.25, 0.3) is 0 Å². The Hall–Kier alpha value is -2.08. The van der Waals surface area contributed by atoms with Gasteiger partial charge in [0.05, 0.1) is 17.9 Å². The number of hydrogen-bond donors (Lipinski definition) is 2. The van der Waals surface area contributed by atoms with Crippen molar-refractivity contribution in [1.29, 1.82) is 0 Å². The maximum absolute atomic E-state index is 5.75. The van der Waals surface area contributed by atoms with Gasteiger partial charge in [0.15, 0.2) is 0 Å². The van der Waals surface area contributed by atoms with E-state index in [2.05, 4.69) is 10.4 Å². The van der Waals surface area contributed by atoms with E-state index < -0.39 is 0 Å². The highest BCUT2D eigenvalue weighted by molar-refractivity contribution is 7.80. The molecule has 1 aromatic heterocycles. The van der Waals surface area contributed by atoms with Crippen molar-refractivity contribution in [3.8, 4) is 5.75 Å². The van der Waals surface area contributed by atoms with Crippen LogP contribution in [-0.2, 0) is 7.05 Å². The Morgan fingerprint density at radius 2 is 2.10 bits per heavy atom. The Balaban J connectivity index is 1.83. The van der Waals surface area contributed by atoms with Gasteiger partial charge in [-0.1, -0.05) is 30.4 Å². The summed E-state index contributed by atoms with van der Waals surface area (Å²) in [4.78, 5) is 0.364. The third kappa shape index (κ3) is 3.95. The maximum atomic E-state index is 5.75. The molecule has 0 aliphatic heterocycles. The van der Waals surface area contributed by atoms with Gasteiger partial charge in [-0.25, -0.2) is 0 Å². The van der Waals surface area contributed by atoms with Gasteiger partial charge in [-0.15, -0.1) is 0 Å². The number of ether oxygens (including phenoxy) is 1. The van der Waals surface area contributed by atoms with Gasteiger partial charge in [-0.3, -0.25) is 4.68 Å². The van der Waals surface area contributed by atoms with Gasteiger partial charge < -0.3 is 15.8 Å². The number of rotatable bonds is 7. The van der Waals surface area contributed by atoms with Crippen molar-refractivity contribution in [2.75, 3.05) is 18.5 Å². The number of aromatic nitrogens is 2. The summed E-state index contributed by atoms with van der Waals surface area (Å²) < 4.78 is 7.41. The molecule has 112 valence electrons. The second-order valence-corrected chi connectivity index (χ2v) is 5.18. The van der Waals surface area contributed by atoms with Crippen molar-refractivity contribution in [2.24, 2.45) is 12.8 Å². The van der Waals surface area contributed by atoms with Crippen molar-refractivity contribution < 1.29 is 4.74 Å². The number of para-hydroxylation sites is 1. The lowest BCUT2D eigenvalue weighted by Gasteiger charge is -2.10. The Kier molecular flexibility index (Phi) is 5.16. The van der Waals surface area contributed by atoms with Gasteiger partial charge >= 0.3 is 0 Å². The highest BCUT2D eigenvalue weighted by Crippen LogP contribution is 2.18. The zero-order valence-electron chi connectivity index (χ0n) is 12.3. The van der Waals surface area contributed by atoms with Crippen LogP contribution in [0.15, 0.2) is 30.3 Å². The minimum atomic E-state index is 0.364. The van der Waals surface area contributed by atoms with Crippen molar-refractivity contribution in [2.45, 2.75) is 13.3 Å². The molecule has 2 aromatic rings. The molecule has 1 heterocycles. The molecule has 21 heavy (non-hydrogen) atoms. The second kappa shape index (κ2) is 7.08. The summed E-state index contributed by atoms with van der Waals surface area (Å²) in [6.07, 6.45) is 0.871. The van der Waals surface area contributed by atoms with Crippen LogP contribution in [0.1, 0.15) is 17.7 Å². The van der Waals surface area contributed by atoms with E-state index in [0.717, 1.165) is 35.8 Å². The molecule has 0 aliphatic carbocycles. The minimum absolute atomic E-state index is 0.364. The van der Waals surface area contributed by atoms with Gasteiger partial charge in [-0.05, 0) is 25.5 Å². The van der Waals surface area contributed by atoms with E-state index in [0.29, 0.717) is 11.6 Å². The standard InChI is InChI=1S/C15H20N4OS/c1-11-13(14(16)21)15(19(2)18-11)17-9-6-10-20-12-7-4-3-5-8-12/h3-5,7-8,17H,6,9-10H2,1-2H3,(H2,16,21). The summed E-state index contributed by atoms with van der Waals surface area (Å²) in [6, 6.07) is 9.78. The van der Waals surface area contributed by atoms with Gasteiger partial charge in [0, 0.05) is 13.6 Å². The number of anilines is 1. The fourth-order valence-electron chi connectivity index (χ4n) is 2.14. The highest BCUT2D eigenvalue weighted by Gasteiger charge is 2.14. The Bertz CT molecular complexity index is 610. The number of hydrogen-bond acceptors (Lipinski definition) is 4. The first kappa shape index (κ1) is 15.3. The SMILES string of the molecule is Cc1nn(C)c(NCCCOc2ccccc2)c1C(N)=S. The van der Waals surface area contributed by atoms with Crippen LogP contribution in [0.4, 0.5) is 5.82 Å². The van der Waals surface area contributed by atoms with Crippen LogP contribution in [0.3, 0.4) is 0 Å². The molecule has 0 unspecified atom stereocenters. The molecule has 0 bridgehead atoms. The number of nitrogens with two attached hydrogens (primary N) is 1. The van der Waals surface area contributed by atoms with E-state index in [1.165, 1.54) is 0 Å². The lowest BCUT2D eigenvalue weighted by Crippen LogP contribution is -2.16. The summed E-state index contributed by atoms with van der Waals surface area (Å²) in [5.74, 6) is 1.75. The zero-order valence-corrected chi connectivity index (χ0v) is 13.1. The largest absolute Gasteiger partial charge is 0.494 e. The third-order valence-electron chi connectivity index (χ3n) is 3.09. The van der Waals surface area contributed by atoms with E-state index in [4.69, 9.17) is 22.7 Å². The van der Waals surface area contributed by atoms with E-state index in [1.54, 1.807) is 4.68 Å². The van der Waals surface area contributed by atoms with Crippen molar-refractivity contribution in [3.63, 3.8) is 0 Å². The van der Waals surface area contributed by atoms with Crippen molar-refractivity contribution >= 4 is 23.0 Å². The van der Waals surface area contributed by atoms with Gasteiger partial charge in [0.2, 0.25) is 0 Å². The lowest BCUT2D eigenvalue weighted by molar-refractivity contribution is 0.315. The molecule has 0 saturated heterocycles. The summed E-state index contributed by atoms with van der Waals surface area (Å²) in [5, 5.41) is 7.66. The quantitative estimate of drug-likeness (QED) is 0.607. The molecular formula is C15H20N4OS. The molecule has 1 aromatic carbocycles. The molecule has 6 heteroatoms. The predicted octanol–water partition coefficient (Wildman–Crippen LogP) is 2.24. The third-order valence-corrected chi connectivity index (χ3v) is 3.30. The summed E-state index contributed by atoms with van der Waals surface area (Å²) in [6.45, 7) is 3.32. The van der Waals surface area contributed by atoms with Crippen LogP contribution in [-0.4, -0.2) is 27.9 Å². The molecule has 0 atom stereocenters.